The van der Waals surface area contributed by atoms with E-state index >= 15 is 0 Å². The zero-order valence-electron chi connectivity index (χ0n) is 9.41. The highest BCUT2D eigenvalue weighted by molar-refractivity contribution is 6.76. The van der Waals surface area contributed by atoms with Crippen LogP contribution >= 0.6 is 0 Å². The molecule has 1 nitrogen and oxygen atoms in total. The summed E-state index contributed by atoms with van der Waals surface area (Å²) in [5.41, 5.74) is 1.54. The molecule has 0 rings (SSSR count). The maximum atomic E-state index is 3.53. The van der Waals surface area contributed by atoms with Crippen LogP contribution in [0.4, 0.5) is 0 Å². The minimum atomic E-state index is -0.881. The van der Waals surface area contributed by atoms with Crippen LogP contribution < -0.4 is 5.32 Å². The summed E-state index contributed by atoms with van der Waals surface area (Å²) in [4.78, 5) is 0. The minimum absolute atomic E-state index is 0.881. The van der Waals surface area contributed by atoms with Crippen molar-refractivity contribution in [3.8, 4) is 0 Å². The molecule has 0 saturated heterocycles. The van der Waals surface area contributed by atoms with E-state index in [-0.39, 0.29) is 0 Å². The predicted octanol–water partition coefficient (Wildman–Crippen LogP) is 1.11. The topological polar surface area (TPSA) is 12.0 Å². The lowest BCUT2D eigenvalue weighted by molar-refractivity contribution is 0.830. The predicted molar refractivity (Wildman–Crippen MR) is 64.5 cm³/mol. The van der Waals surface area contributed by atoms with E-state index in [1.165, 1.54) is 16.4 Å². The number of hydrogen-bond donors (Lipinski definition) is 1. The first kappa shape index (κ1) is 12.1. The Hall–Kier alpha value is 0.134. The summed E-state index contributed by atoms with van der Waals surface area (Å²) in [6.07, 6.45) is 1.24. The van der Waals surface area contributed by atoms with E-state index < -0.39 is 8.07 Å². The highest BCUT2D eigenvalue weighted by Gasteiger charge is 2.11. The molecule has 0 aliphatic rings. The fourth-order valence-corrected chi connectivity index (χ4v) is 1.85. The van der Waals surface area contributed by atoms with Gasteiger partial charge in [0.05, 0.1) is 8.07 Å². The second-order valence-electron chi connectivity index (χ2n) is 4.94. The van der Waals surface area contributed by atoms with Crippen molar-refractivity contribution >= 4 is 18.3 Å². The molecule has 12 heavy (non-hydrogen) atoms. The molecule has 0 saturated carbocycles. The number of allylic oxidation sites excluding steroid dienone is 1. The number of hydrogen-bond acceptors (Lipinski definition) is 1. The van der Waals surface area contributed by atoms with Gasteiger partial charge in [0.15, 0.2) is 0 Å². The third-order valence-electron chi connectivity index (χ3n) is 1.90. The van der Waals surface area contributed by atoms with Crippen LogP contribution in [0, 0.1) is 0 Å². The first-order chi connectivity index (χ1) is 5.33. The smallest absolute Gasteiger partial charge is 0.0596 e. The fraction of sp³-hybridized carbons (Fsp3) is 0.778. The van der Waals surface area contributed by atoms with Gasteiger partial charge >= 0.3 is 0 Å². The van der Waals surface area contributed by atoms with E-state index in [0.29, 0.717) is 0 Å². The summed E-state index contributed by atoms with van der Waals surface area (Å²) < 4.78 is 0. The molecule has 0 unspecified atom stereocenters. The van der Waals surface area contributed by atoms with E-state index in [1.807, 2.05) is 0 Å². The van der Waals surface area contributed by atoms with Gasteiger partial charge in [-0.15, -0.1) is 0 Å². The van der Waals surface area contributed by atoms with E-state index in [0.717, 1.165) is 6.54 Å². The normalized spacial score (nSPS) is 14.8. The van der Waals surface area contributed by atoms with Gasteiger partial charge in [-0.25, -0.2) is 0 Å². The van der Waals surface area contributed by atoms with Crippen LogP contribution in [0.1, 0.15) is 13.8 Å². The van der Waals surface area contributed by atoms with Gasteiger partial charge in [-0.2, -0.15) is 0 Å². The summed E-state index contributed by atoms with van der Waals surface area (Å²) >= 11 is 0. The van der Waals surface area contributed by atoms with E-state index in [1.54, 1.807) is 10.8 Å². The summed E-state index contributed by atoms with van der Waals surface area (Å²) in [6, 6.07) is 0. The van der Waals surface area contributed by atoms with Crippen molar-refractivity contribution in [2.45, 2.75) is 33.5 Å². The Morgan fingerprint density at radius 2 is 1.75 bits per heavy atom. The Labute approximate surface area is 81.1 Å². The van der Waals surface area contributed by atoms with Crippen molar-refractivity contribution < 1.29 is 0 Å². The molecule has 0 aromatic heterocycles. The molecule has 0 radical (unpaired) electrons. The molecule has 0 aliphatic heterocycles. The zero-order chi connectivity index (χ0) is 9.78. The lowest BCUT2D eigenvalue weighted by Gasteiger charge is -2.17. The van der Waals surface area contributed by atoms with Crippen LogP contribution in [-0.4, -0.2) is 31.0 Å². The molecule has 0 fully saturated rings. The number of rotatable bonds is 4. The molecule has 72 valence electrons. The molecular weight excluding hydrogens is 178 g/mol. The van der Waals surface area contributed by atoms with Gasteiger partial charge in [0, 0.05) is 16.8 Å². The average molecular weight is 201 g/mol. The van der Waals surface area contributed by atoms with Gasteiger partial charge in [-0.3, -0.25) is 0 Å². The average Bonchev–Trinajstić information content (AvgIpc) is 1.84. The molecule has 3 heteroatoms. The molecule has 0 amide bonds. The van der Waals surface area contributed by atoms with Crippen molar-refractivity contribution in [3.05, 3.63) is 10.8 Å². The van der Waals surface area contributed by atoms with Gasteiger partial charge in [0.1, 0.15) is 0 Å². The van der Waals surface area contributed by atoms with Crippen LogP contribution in [0.25, 0.3) is 0 Å². The first-order valence-corrected chi connectivity index (χ1v) is 9.37. The fourth-order valence-electron chi connectivity index (χ4n) is 0.802. The highest BCUT2D eigenvalue weighted by atomic mass is 28.3. The molecular formula is C9H23NSi2. The van der Waals surface area contributed by atoms with Gasteiger partial charge < -0.3 is 5.32 Å². The van der Waals surface area contributed by atoms with Gasteiger partial charge in [-0.1, -0.05) is 30.4 Å². The van der Waals surface area contributed by atoms with Crippen molar-refractivity contribution in [3.63, 3.8) is 0 Å². The molecule has 0 spiro atoms. The molecule has 1 N–H and O–H groups in total. The van der Waals surface area contributed by atoms with Crippen LogP contribution in [0.15, 0.2) is 10.8 Å². The molecule has 0 aliphatic carbocycles. The van der Waals surface area contributed by atoms with Crippen molar-refractivity contribution in [1.82, 2.24) is 5.32 Å². The van der Waals surface area contributed by atoms with Crippen LogP contribution in [-0.2, 0) is 0 Å². The SMILES string of the molecule is CC([SiH3])=C(C)CNC[Si](C)(C)C. The number of nitrogens with one attached hydrogen (secondary N) is 1. The van der Waals surface area contributed by atoms with Crippen LogP contribution in [0.3, 0.4) is 0 Å². The Morgan fingerprint density at radius 3 is 2.08 bits per heavy atom. The van der Waals surface area contributed by atoms with E-state index in [4.69, 9.17) is 0 Å². The van der Waals surface area contributed by atoms with Crippen molar-refractivity contribution in [2.75, 3.05) is 12.7 Å². The third kappa shape index (κ3) is 6.82. The highest BCUT2D eigenvalue weighted by Crippen LogP contribution is 1.99. The van der Waals surface area contributed by atoms with Gasteiger partial charge in [-0.05, 0) is 20.0 Å². The molecule has 0 heterocycles. The van der Waals surface area contributed by atoms with Crippen LogP contribution in [0.5, 0.6) is 0 Å². The van der Waals surface area contributed by atoms with Crippen molar-refractivity contribution in [2.24, 2.45) is 0 Å². The quantitative estimate of drug-likeness (QED) is 0.672. The van der Waals surface area contributed by atoms with E-state index in [2.05, 4.69) is 38.8 Å². The van der Waals surface area contributed by atoms with Crippen molar-refractivity contribution in [1.29, 1.82) is 0 Å². The Bertz CT molecular complexity index is 164. The van der Waals surface area contributed by atoms with E-state index in [9.17, 15) is 0 Å². The second kappa shape index (κ2) is 4.99. The monoisotopic (exact) mass is 201 g/mol. The summed E-state index contributed by atoms with van der Waals surface area (Å²) in [5.74, 6) is 0. The maximum Gasteiger partial charge on any atom is 0.0596 e. The Balaban J connectivity index is 3.66. The van der Waals surface area contributed by atoms with Crippen LogP contribution in [0.2, 0.25) is 19.6 Å². The molecule has 0 bridgehead atoms. The minimum Gasteiger partial charge on any atom is -0.316 e. The molecule has 0 aromatic carbocycles. The van der Waals surface area contributed by atoms with Gasteiger partial charge in [0.25, 0.3) is 0 Å². The zero-order valence-corrected chi connectivity index (χ0v) is 12.4. The lowest BCUT2D eigenvalue weighted by Crippen LogP contribution is -2.37. The summed E-state index contributed by atoms with van der Waals surface area (Å²) in [7, 11) is 0.329. The summed E-state index contributed by atoms with van der Waals surface area (Å²) in [5, 5.41) is 5.11. The van der Waals surface area contributed by atoms with Gasteiger partial charge in [0.2, 0.25) is 0 Å². The maximum absolute atomic E-state index is 3.53. The Morgan fingerprint density at radius 1 is 1.25 bits per heavy atom. The first-order valence-electron chi connectivity index (χ1n) is 4.66. The standard InChI is InChI=1S/C9H23NSi2/c1-8(9(2)11)6-10-7-12(3,4)5/h10H,6-7H2,1-5,11H3. The lowest BCUT2D eigenvalue weighted by atomic mass is 10.3. The second-order valence-corrected chi connectivity index (χ2v) is 11.9. The third-order valence-corrected chi connectivity index (χ3v) is 4.06. The Kier molecular flexibility index (Phi) is 5.05. The summed E-state index contributed by atoms with van der Waals surface area (Å²) in [6.45, 7) is 12.8. The largest absolute Gasteiger partial charge is 0.316 e. The molecule has 0 aromatic rings. The molecule has 0 atom stereocenters.